The summed E-state index contributed by atoms with van der Waals surface area (Å²) in [5, 5.41) is 8.20. The average Bonchev–Trinajstić information content (AvgIpc) is 2.94. The van der Waals surface area contributed by atoms with Crippen molar-refractivity contribution in [2.24, 2.45) is 0 Å². The second kappa shape index (κ2) is 12.3. The van der Waals surface area contributed by atoms with Crippen molar-refractivity contribution in [2.45, 2.75) is 20.1 Å². The maximum Gasteiger partial charge on any atom is 0.295 e. The lowest BCUT2D eigenvalue weighted by atomic mass is 10.1. The first kappa shape index (κ1) is 26.1. The Kier molecular flexibility index (Phi) is 8.69. The number of aryl methyl sites for hydroxylation is 1. The van der Waals surface area contributed by atoms with E-state index >= 15 is 0 Å². The van der Waals surface area contributed by atoms with Gasteiger partial charge in [-0.2, -0.15) is 0 Å². The number of likely N-dealkylation sites (N-methyl/N-ethyl adjacent to an activating group) is 1. The number of para-hydroxylation sites is 1. The standard InChI is InChI=1S/C30H33FN4O2/c1-23-19-25(13-14-27(23)31)21-34-15-17-35(18-16-34)28(20-32)29(37-22-24-9-5-3-6-10-24)30(36)33(2)26-11-7-4-8-12-26/h3-14,19-20,32H,15-18,21-22H2,1-2H3/b29-28-,32-20?. The van der Waals surface area contributed by atoms with Crippen molar-refractivity contribution < 1.29 is 13.9 Å². The van der Waals surface area contributed by atoms with Gasteiger partial charge >= 0.3 is 0 Å². The van der Waals surface area contributed by atoms with Crippen LogP contribution in [0.3, 0.4) is 0 Å². The van der Waals surface area contributed by atoms with Gasteiger partial charge in [0, 0.05) is 51.7 Å². The van der Waals surface area contributed by atoms with E-state index in [9.17, 15) is 9.18 Å². The van der Waals surface area contributed by atoms with Gasteiger partial charge in [0.05, 0.1) is 0 Å². The van der Waals surface area contributed by atoms with E-state index < -0.39 is 0 Å². The SMILES string of the molecule is Cc1cc(CN2CCN(/C(C=N)=C(\OCc3ccccc3)C(=O)N(C)c3ccccc3)CC2)ccc1F. The van der Waals surface area contributed by atoms with Gasteiger partial charge in [-0.1, -0.05) is 60.7 Å². The molecule has 0 spiro atoms. The van der Waals surface area contributed by atoms with E-state index in [1.54, 1.807) is 18.9 Å². The van der Waals surface area contributed by atoms with Crippen LogP contribution >= 0.6 is 0 Å². The third-order valence-corrected chi connectivity index (χ3v) is 6.58. The summed E-state index contributed by atoms with van der Waals surface area (Å²) < 4.78 is 19.8. The molecule has 0 radical (unpaired) electrons. The summed E-state index contributed by atoms with van der Waals surface area (Å²) in [7, 11) is 1.72. The molecule has 1 amide bonds. The van der Waals surface area contributed by atoms with Crippen molar-refractivity contribution in [1.29, 1.82) is 5.41 Å². The number of benzene rings is 3. The number of allylic oxidation sites excluding steroid dienone is 1. The zero-order chi connectivity index (χ0) is 26.2. The average molecular weight is 501 g/mol. The maximum atomic E-state index is 13.6. The zero-order valence-corrected chi connectivity index (χ0v) is 21.4. The second-order valence-corrected chi connectivity index (χ2v) is 9.18. The number of ether oxygens (including phenoxy) is 1. The molecule has 7 heteroatoms. The molecule has 1 aliphatic heterocycles. The molecule has 0 aliphatic carbocycles. The normalized spacial score (nSPS) is 14.6. The Morgan fingerprint density at radius 3 is 2.24 bits per heavy atom. The lowest BCUT2D eigenvalue weighted by Gasteiger charge is -2.37. The van der Waals surface area contributed by atoms with Crippen LogP contribution in [0.4, 0.5) is 10.1 Å². The first-order valence-corrected chi connectivity index (χ1v) is 12.4. The molecule has 3 aromatic rings. The van der Waals surface area contributed by atoms with E-state index in [-0.39, 0.29) is 24.1 Å². The van der Waals surface area contributed by atoms with Crippen LogP contribution in [0, 0.1) is 18.2 Å². The predicted molar refractivity (Wildman–Crippen MR) is 145 cm³/mol. The lowest BCUT2D eigenvalue weighted by molar-refractivity contribution is -0.118. The first-order chi connectivity index (χ1) is 18.0. The van der Waals surface area contributed by atoms with Gasteiger partial charge in [-0.3, -0.25) is 9.69 Å². The number of carbonyl (C=O) groups excluding carboxylic acids is 1. The first-order valence-electron chi connectivity index (χ1n) is 12.4. The molecule has 0 aromatic heterocycles. The fraction of sp³-hybridized carbons (Fsp3) is 0.267. The smallest absolute Gasteiger partial charge is 0.295 e. The fourth-order valence-electron chi connectivity index (χ4n) is 4.41. The monoisotopic (exact) mass is 500 g/mol. The number of rotatable bonds is 9. The lowest BCUT2D eigenvalue weighted by Crippen LogP contribution is -2.46. The predicted octanol–water partition coefficient (Wildman–Crippen LogP) is 4.99. The van der Waals surface area contributed by atoms with Gasteiger partial charge in [-0.25, -0.2) is 4.39 Å². The van der Waals surface area contributed by atoms with Crippen LogP contribution in [0.5, 0.6) is 0 Å². The van der Waals surface area contributed by atoms with E-state index in [1.165, 1.54) is 12.3 Å². The molecule has 0 saturated carbocycles. The summed E-state index contributed by atoms with van der Waals surface area (Å²) in [6.07, 6.45) is 1.22. The van der Waals surface area contributed by atoms with Crippen molar-refractivity contribution >= 4 is 17.8 Å². The van der Waals surface area contributed by atoms with E-state index in [4.69, 9.17) is 10.1 Å². The summed E-state index contributed by atoms with van der Waals surface area (Å²) in [4.78, 5) is 19.5. The van der Waals surface area contributed by atoms with Crippen molar-refractivity contribution in [3.05, 3.63) is 113 Å². The van der Waals surface area contributed by atoms with E-state index in [1.807, 2.05) is 77.7 Å². The third kappa shape index (κ3) is 6.62. The van der Waals surface area contributed by atoms with Gasteiger partial charge < -0.3 is 19.9 Å². The van der Waals surface area contributed by atoms with Crippen molar-refractivity contribution in [2.75, 3.05) is 38.1 Å². The number of nitrogens with one attached hydrogen (secondary N) is 1. The van der Waals surface area contributed by atoms with Gasteiger partial charge in [0.25, 0.3) is 5.91 Å². The molecule has 1 fully saturated rings. The molecule has 0 atom stereocenters. The van der Waals surface area contributed by atoms with Gasteiger partial charge in [0.2, 0.25) is 5.76 Å². The molecule has 3 aromatic carbocycles. The summed E-state index contributed by atoms with van der Waals surface area (Å²) >= 11 is 0. The molecular weight excluding hydrogens is 467 g/mol. The van der Waals surface area contributed by atoms with E-state index in [2.05, 4.69) is 4.90 Å². The Morgan fingerprint density at radius 2 is 1.62 bits per heavy atom. The van der Waals surface area contributed by atoms with Crippen LogP contribution in [0.1, 0.15) is 16.7 Å². The second-order valence-electron chi connectivity index (χ2n) is 9.18. The minimum atomic E-state index is -0.301. The molecule has 0 unspecified atom stereocenters. The van der Waals surface area contributed by atoms with Crippen LogP contribution in [0.2, 0.25) is 0 Å². The van der Waals surface area contributed by atoms with Crippen molar-refractivity contribution in [3.63, 3.8) is 0 Å². The Morgan fingerprint density at radius 1 is 0.973 bits per heavy atom. The highest BCUT2D eigenvalue weighted by Crippen LogP contribution is 2.21. The number of amides is 1. The third-order valence-electron chi connectivity index (χ3n) is 6.58. The minimum Gasteiger partial charge on any atom is -0.481 e. The molecular formula is C30H33FN4O2. The molecule has 0 bridgehead atoms. The number of anilines is 1. The molecule has 1 aliphatic rings. The Labute approximate surface area is 218 Å². The molecule has 192 valence electrons. The number of halogens is 1. The Balaban J connectivity index is 1.53. The van der Waals surface area contributed by atoms with Crippen molar-refractivity contribution in [3.8, 4) is 0 Å². The number of hydrogen-bond donors (Lipinski definition) is 1. The van der Waals surface area contributed by atoms with Crippen molar-refractivity contribution in [1.82, 2.24) is 9.80 Å². The number of nitrogens with zero attached hydrogens (tertiary/aromatic N) is 3. The minimum absolute atomic E-state index is 0.160. The molecule has 6 nitrogen and oxygen atoms in total. The maximum absolute atomic E-state index is 13.6. The molecule has 1 saturated heterocycles. The van der Waals surface area contributed by atoms with Gasteiger partial charge in [-0.15, -0.1) is 0 Å². The summed E-state index contributed by atoms with van der Waals surface area (Å²) in [5.41, 5.74) is 3.88. The fourth-order valence-corrected chi connectivity index (χ4v) is 4.41. The number of carbonyl (C=O) groups is 1. The quantitative estimate of drug-likeness (QED) is 0.255. The summed E-state index contributed by atoms with van der Waals surface area (Å²) in [6, 6.07) is 24.3. The summed E-state index contributed by atoms with van der Waals surface area (Å²) in [6.45, 7) is 5.53. The van der Waals surface area contributed by atoms with Crippen LogP contribution in [0.25, 0.3) is 0 Å². The highest BCUT2D eigenvalue weighted by atomic mass is 19.1. The highest BCUT2D eigenvalue weighted by Gasteiger charge is 2.27. The van der Waals surface area contributed by atoms with Gasteiger partial charge in [0.15, 0.2) is 0 Å². The van der Waals surface area contributed by atoms with Gasteiger partial charge in [-0.05, 0) is 41.8 Å². The van der Waals surface area contributed by atoms with E-state index in [0.717, 1.165) is 36.4 Å². The largest absolute Gasteiger partial charge is 0.481 e. The van der Waals surface area contributed by atoms with Gasteiger partial charge in [0.1, 0.15) is 18.1 Å². The molecule has 1 heterocycles. The number of hydrogen-bond acceptors (Lipinski definition) is 5. The zero-order valence-electron chi connectivity index (χ0n) is 21.4. The molecule has 37 heavy (non-hydrogen) atoms. The number of piperazine rings is 1. The Hall–Kier alpha value is -3.97. The topological polar surface area (TPSA) is 59.9 Å². The Bertz CT molecular complexity index is 1240. The van der Waals surface area contributed by atoms with E-state index in [0.29, 0.717) is 24.4 Å². The molecule has 4 rings (SSSR count). The van der Waals surface area contributed by atoms with Crippen LogP contribution in [-0.2, 0) is 22.7 Å². The molecule has 1 N–H and O–H groups in total. The van der Waals surface area contributed by atoms with Crippen LogP contribution in [-0.4, -0.2) is 55.1 Å². The van der Waals surface area contributed by atoms with Crippen LogP contribution < -0.4 is 4.90 Å². The van der Waals surface area contributed by atoms with Crippen LogP contribution in [0.15, 0.2) is 90.3 Å². The highest BCUT2D eigenvalue weighted by molar-refractivity contribution is 6.06. The summed E-state index contributed by atoms with van der Waals surface area (Å²) in [5.74, 6) is -0.333.